The highest BCUT2D eigenvalue weighted by atomic mass is 32.2. The molecule has 1 unspecified atom stereocenters. The summed E-state index contributed by atoms with van der Waals surface area (Å²) in [6.07, 6.45) is 4.63. The molecule has 2 aromatic rings. The van der Waals surface area contributed by atoms with Crippen LogP contribution in [0.4, 0.5) is 4.39 Å². The lowest BCUT2D eigenvalue weighted by Crippen LogP contribution is -2.17. The molecule has 1 aromatic carbocycles. The van der Waals surface area contributed by atoms with Gasteiger partial charge in [0.15, 0.2) is 9.92 Å². The molecule has 0 saturated heterocycles. The maximum atomic E-state index is 14.8. The van der Waals surface area contributed by atoms with E-state index in [-0.39, 0.29) is 16.4 Å². The lowest BCUT2D eigenvalue weighted by Gasteiger charge is -2.15. The number of aliphatic hydroxyl groups is 1. The van der Waals surface area contributed by atoms with Crippen LogP contribution in [0.15, 0.2) is 8.57 Å². The first-order chi connectivity index (χ1) is 14.0. The molecule has 9 heteroatoms. The smallest absolute Gasteiger partial charge is 0.259 e. The van der Waals surface area contributed by atoms with Crippen molar-refractivity contribution in [3.8, 4) is 0 Å². The average Bonchev–Trinajstić information content (AvgIpc) is 3.36. The summed E-state index contributed by atoms with van der Waals surface area (Å²) in [6.45, 7) is 4.78. The largest absolute Gasteiger partial charge is 0.383 e. The van der Waals surface area contributed by atoms with Crippen LogP contribution >= 0.6 is 11.3 Å². The summed E-state index contributed by atoms with van der Waals surface area (Å²) in [5.74, 6) is -0.667. The predicted octanol–water partition coefficient (Wildman–Crippen LogP) is 3.27. The number of hydrogen-bond donors (Lipinski definition) is 2. The van der Waals surface area contributed by atoms with Gasteiger partial charge in [0, 0.05) is 0 Å². The number of hydrogen-bond acceptors (Lipinski definition) is 5. The van der Waals surface area contributed by atoms with Crippen molar-refractivity contribution in [1.29, 1.82) is 0 Å². The lowest BCUT2D eigenvalue weighted by molar-refractivity contribution is -0.117. The number of aryl methyl sites for hydroxylation is 1. The van der Waals surface area contributed by atoms with Crippen LogP contribution in [0.1, 0.15) is 65.2 Å². The number of benzene rings is 1. The topological polar surface area (TPSA) is 106 Å². The lowest BCUT2D eigenvalue weighted by atomic mass is 9.91. The Balaban J connectivity index is 1.70. The van der Waals surface area contributed by atoms with Gasteiger partial charge in [-0.05, 0) is 87.1 Å². The highest BCUT2D eigenvalue weighted by molar-refractivity contribution is 7.93. The van der Waals surface area contributed by atoms with Gasteiger partial charge in [-0.25, -0.2) is 18.7 Å². The highest BCUT2D eigenvalue weighted by Crippen LogP contribution is 2.38. The normalized spacial score (nSPS) is 17.5. The number of nitrogens with two attached hydrogens (primary N) is 1. The number of carbonyl (C=O) groups is 1. The van der Waals surface area contributed by atoms with Gasteiger partial charge in [0.2, 0.25) is 0 Å². The summed E-state index contributed by atoms with van der Waals surface area (Å²) in [4.78, 5) is 17.1. The zero-order chi connectivity index (χ0) is 21.8. The van der Waals surface area contributed by atoms with Crippen molar-refractivity contribution >= 4 is 27.2 Å². The van der Waals surface area contributed by atoms with Crippen LogP contribution in [0.3, 0.4) is 0 Å². The van der Waals surface area contributed by atoms with E-state index in [1.54, 1.807) is 20.8 Å². The molecule has 1 heterocycles. The fourth-order valence-electron chi connectivity index (χ4n) is 4.51. The monoisotopic (exact) mass is 451 g/mol. The number of aromatic nitrogens is 1. The van der Waals surface area contributed by atoms with E-state index in [2.05, 4.69) is 9.35 Å². The zero-order valence-corrected chi connectivity index (χ0v) is 19.0. The van der Waals surface area contributed by atoms with E-state index in [0.717, 1.165) is 64.8 Å². The van der Waals surface area contributed by atoms with Gasteiger partial charge in [-0.2, -0.15) is 0 Å². The van der Waals surface area contributed by atoms with Crippen LogP contribution in [0.2, 0.25) is 0 Å². The minimum atomic E-state index is -3.49. The van der Waals surface area contributed by atoms with Gasteiger partial charge in [0.05, 0.1) is 12.1 Å². The number of halogens is 1. The molecule has 3 N–H and O–H groups in total. The van der Waals surface area contributed by atoms with Gasteiger partial charge in [0.1, 0.15) is 20.6 Å². The van der Waals surface area contributed by atoms with Gasteiger partial charge in [-0.15, -0.1) is 15.7 Å². The molecule has 1 aromatic heterocycles. The summed E-state index contributed by atoms with van der Waals surface area (Å²) >= 11 is 1.01. The third-order valence-corrected chi connectivity index (χ3v) is 9.34. The predicted molar refractivity (Wildman–Crippen MR) is 114 cm³/mol. The van der Waals surface area contributed by atoms with Crippen molar-refractivity contribution in [2.45, 2.75) is 75.5 Å². The molecule has 1 amide bonds. The standard InChI is InChI=1S/C21H26FN3O3S2/c1-11-19(29-20(24-11)21(2,3)27)30(23,28)25-17(26)10-16-12-6-4-8-14(12)18(22)15-9-5-7-13(15)16/h27H,4-10H2,1-3H3,(H2,23,25,26,28). The quantitative estimate of drug-likeness (QED) is 0.744. The molecule has 2 aliphatic rings. The Morgan fingerprint density at radius 2 is 1.73 bits per heavy atom. The van der Waals surface area contributed by atoms with Crippen LogP contribution in [-0.2, 0) is 52.4 Å². The molecule has 6 nitrogen and oxygen atoms in total. The highest BCUT2D eigenvalue weighted by Gasteiger charge is 2.30. The Bertz CT molecular complexity index is 1140. The van der Waals surface area contributed by atoms with Crippen LogP contribution in [0.25, 0.3) is 0 Å². The third-order valence-electron chi connectivity index (χ3n) is 5.80. The van der Waals surface area contributed by atoms with Crippen molar-refractivity contribution in [3.05, 3.63) is 44.3 Å². The number of amides is 1. The summed E-state index contributed by atoms with van der Waals surface area (Å²) in [5.41, 5.74) is 3.38. The van der Waals surface area contributed by atoms with E-state index in [1.165, 1.54) is 0 Å². The van der Waals surface area contributed by atoms with Gasteiger partial charge < -0.3 is 5.11 Å². The molecule has 162 valence electrons. The Morgan fingerprint density at radius 1 is 1.20 bits per heavy atom. The molecule has 0 radical (unpaired) electrons. The van der Waals surface area contributed by atoms with Crippen LogP contribution in [-0.4, -0.2) is 20.2 Å². The van der Waals surface area contributed by atoms with E-state index < -0.39 is 21.4 Å². The summed E-state index contributed by atoms with van der Waals surface area (Å²) in [5, 5.41) is 16.5. The van der Waals surface area contributed by atoms with Crippen molar-refractivity contribution in [1.82, 2.24) is 4.98 Å². The first kappa shape index (κ1) is 21.5. The Kier molecular flexibility index (Phi) is 5.37. The van der Waals surface area contributed by atoms with Gasteiger partial charge in [-0.1, -0.05) is 0 Å². The van der Waals surface area contributed by atoms with E-state index in [0.29, 0.717) is 23.5 Å². The molecule has 0 fully saturated rings. The van der Waals surface area contributed by atoms with Gasteiger partial charge >= 0.3 is 0 Å². The molecule has 0 saturated carbocycles. The number of rotatable bonds is 4. The van der Waals surface area contributed by atoms with Crippen LogP contribution in [0.5, 0.6) is 0 Å². The van der Waals surface area contributed by atoms with Crippen LogP contribution < -0.4 is 5.14 Å². The van der Waals surface area contributed by atoms with Gasteiger partial charge in [-0.3, -0.25) is 4.79 Å². The minimum Gasteiger partial charge on any atom is -0.383 e. The molecule has 1 atom stereocenters. The van der Waals surface area contributed by atoms with Gasteiger partial charge in [0.25, 0.3) is 5.91 Å². The Labute approximate surface area is 180 Å². The minimum absolute atomic E-state index is 0.0185. The Morgan fingerprint density at radius 3 is 2.23 bits per heavy atom. The number of fused-ring (bicyclic) bond motifs is 2. The summed E-state index contributed by atoms with van der Waals surface area (Å²) in [7, 11) is -3.49. The van der Waals surface area contributed by atoms with Crippen molar-refractivity contribution in [3.63, 3.8) is 0 Å². The second kappa shape index (κ2) is 7.47. The van der Waals surface area contributed by atoms with E-state index in [4.69, 9.17) is 5.14 Å². The number of thiazole rings is 1. The van der Waals surface area contributed by atoms with Crippen LogP contribution in [0, 0.1) is 12.7 Å². The van der Waals surface area contributed by atoms with Crippen molar-refractivity contribution < 1.29 is 18.5 Å². The number of nitrogens with zero attached hydrogens (tertiary/aromatic N) is 2. The molecule has 0 spiro atoms. The molecule has 30 heavy (non-hydrogen) atoms. The Hall–Kier alpha value is -1.68. The van der Waals surface area contributed by atoms with Crippen molar-refractivity contribution in [2.75, 3.05) is 0 Å². The molecule has 0 aliphatic heterocycles. The zero-order valence-electron chi connectivity index (χ0n) is 17.4. The second-order valence-electron chi connectivity index (χ2n) is 8.60. The second-order valence-corrected chi connectivity index (χ2v) is 11.6. The molecule has 0 bridgehead atoms. The van der Waals surface area contributed by atoms with Crippen molar-refractivity contribution in [2.24, 2.45) is 9.50 Å². The summed E-state index contributed by atoms with van der Waals surface area (Å²) < 4.78 is 32.0. The fourth-order valence-corrected chi connectivity index (χ4v) is 7.05. The number of carbonyl (C=O) groups excluding carboxylic acids is 1. The third kappa shape index (κ3) is 3.72. The average molecular weight is 452 g/mol. The maximum absolute atomic E-state index is 14.8. The first-order valence-electron chi connectivity index (χ1n) is 10.1. The first-order valence-corrected chi connectivity index (χ1v) is 12.5. The molecule has 2 aliphatic carbocycles. The van der Waals surface area contributed by atoms with E-state index in [1.807, 2.05) is 0 Å². The summed E-state index contributed by atoms with van der Waals surface area (Å²) in [6, 6.07) is 0. The molecule has 4 rings (SSSR count). The van der Waals surface area contributed by atoms with E-state index >= 15 is 0 Å². The fraction of sp³-hybridized carbons (Fsp3) is 0.524. The SMILES string of the molecule is Cc1nc(C(C)(C)O)sc1S(N)(=O)=NC(=O)Cc1c2c(c(F)c3c1CCC3)CCC2. The van der Waals surface area contributed by atoms with E-state index in [9.17, 15) is 18.5 Å². The molecular weight excluding hydrogens is 425 g/mol. The maximum Gasteiger partial charge on any atom is 0.259 e. The molecular formula is C21H26FN3O3S2.